The molecule has 0 fully saturated rings. The molecule has 0 unspecified atom stereocenters. The number of methoxy groups -OCH3 is 1. The average molecular weight is 472 g/mol. The Morgan fingerprint density at radius 1 is 1.00 bits per heavy atom. The van der Waals surface area contributed by atoms with Crippen LogP contribution in [0, 0.1) is 11.3 Å². The van der Waals surface area contributed by atoms with Crippen LogP contribution in [0.25, 0.3) is 0 Å². The highest BCUT2D eigenvalue weighted by atomic mass is 35.5. The predicted octanol–water partition coefficient (Wildman–Crippen LogP) is 4.77. The quantitative estimate of drug-likeness (QED) is 0.512. The highest BCUT2D eigenvalue weighted by Gasteiger charge is 2.16. The van der Waals surface area contributed by atoms with Crippen LogP contribution in [0.15, 0.2) is 65.6 Å². The first kappa shape index (κ1) is 22.9. The average Bonchev–Trinajstić information content (AvgIpc) is 2.75. The summed E-state index contributed by atoms with van der Waals surface area (Å²) in [5, 5.41) is 12.5. The van der Waals surface area contributed by atoms with Gasteiger partial charge < -0.3 is 14.8 Å². The van der Waals surface area contributed by atoms with Gasteiger partial charge in [-0.1, -0.05) is 11.6 Å². The van der Waals surface area contributed by atoms with Crippen LogP contribution in [0.3, 0.4) is 0 Å². The molecule has 1 amide bonds. The fraction of sp³-hybridized carbons (Fsp3) is 0.0909. The zero-order chi connectivity index (χ0) is 23.3. The zero-order valence-corrected chi connectivity index (χ0v) is 18.6. The highest BCUT2D eigenvalue weighted by molar-refractivity contribution is 7.92. The Bertz CT molecular complexity index is 1300. The van der Waals surface area contributed by atoms with Crippen LogP contribution in [0.5, 0.6) is 17.2 Å². The molecule has 164 valence electrons. The van der Waals surface area contributed by atoms with E-state index in [4.69, 9.17) is 21.1 Å². The number of benzene rings is 3. The van der Waals surface area contributed by atoms with E-state index in [1.165, 1.54) is 56.5 Å². The largest absolute Gasteiger partial charge is 0.495 e. The lowest BCUT2D eigenvalue weighted by atomic mass is 10.2. The molecule has 3 rings (SSSR count). The van der Waals surface area contributed by atoms with Crippen molar-refractivity contribution in [3.8, 4) is 23.3 Å². The summed E-state index contributed by atoms with van der Waals surface area (Å²) in [7, 11) is -2.44. The van der Waals surface area contributed by atoms with Crippen LogP contribution in [-0.4, -0.2) is 21.4 Å². The lowest BCUT2D eigenvalue weighted by Gasteiger charge is -2.12. The third kappa shape index (κ3) is 5.49. The minimum Gasteiger partial charge on any atom is -0.495 e. The molecular formula is C22H18ClN3O5S. The number of nitrogens with zero attached hydrogens (tertiary/aromatic N) is 1. The summed E-state index contributed by atoms with van der Waals surface area (Å²) in [5.74, 6) is 0.786. The number of hydrogen-bond acceptors (Lipinski definition) is 6. The van der Waals surface area contributed by atoms with Crippen molar-refractivity contribution < 1.29 is 22.7 Å². The van der Waals surface area contributed by atoms with Crippen molar-refractivity contribution in [3.63, 3.8) is 0 Å². The van der Waals surface area contributed by atoms with E-state index in [9.17, 15) is 18.5 Å². The third-order valence-electron chi connectivity index (χ3n) is 4.19. The van der Waals surface area contributed by atoms with Gasteiger partial charge in [-0.2, -0.15) is 5.26 Å². The Morgan fingerprint density at radius 3 is 2.31 bits per heavy atom. The van der Waals surface area contributed by atoms with Gasteiger partial charge in [0.1, 0.15) is 23.3 Å². The van der Waals surface area contributed by atoms with Gasteiger partial charge in [-0.25, -0.2) is 8.42 Å². The second-order valence-corrected chi connectivity index (χ2v) is 8.62. The van der Waals surface area contributed by atoms with E-state index in [-0.39, 0.29) is 27.8 Å². The number of nitrogens with one attached hydrogen (secondary N) is 2. The van der Waals surface area contributed by atoms with Crippen molar-refractivity contribution in [1.29, 1.82) is 5.26 Å². The summed E-state index contributed by atoms with van der Waals surface area (Å²) in [5.41, 5.74) is 0.789. The SMILES string of the molecule is COc1cc(Oc2ccc(NS(=O)(=O)c3ccc(NC(C)=O)cc3)cc2C#N)ccc1Cl. The molecule has 0 bridgehead atoms. The second kappa shape index (κ2) is 9.60. The minimum atomic E-state index is -3.91. The van der Waals surface area contributed by atoms with Crippen LogP contribution in [0.4, 0.5) is 11.4 Å². The Hall–Kier alpha value is -3.74. The molecule has 8 nitrogen and oxygen atoms in total. The molecule has 3 aromatic carbocycles. The number of nitriles is 1. The van der Waals surface area contributed by atoms with Crippen LogP contribution < -0.4 is 19.5 Å². The molecule has 0 heterocycles. The Balaban J connectivity index is 1.81. The van der Waals surface area contributed by atoms with Gasteiger partial charge in [0, 0.05) is 18.7 Å². The lowest BCUT2D eigenvalue weighted by molar-refractivity contribution is -0.114. The maximum absolute atomic E-state index is 12.7. The standard InChI is InChI=1S/C22H18ClN3O5S/c1-14(27)25-16-3-7-19(8-4-16)32(28,29)26-17-5-10-21(15(11-17)13-24)31-18-6-9-20(23)22(12-18)30-2/h3-12,26H,1-2H3,(H,25,27). The van der Waals surface area contributed by atoms with E-state index in [1.54, 1.807) is 18.2 Å². The highest BCUT2D eigenvalue weighted by Crippen LogP contribution is 2.33. The maximum atomic E-state index is 12.7. The summed E-state index contributed by atoms with van der Waals surface area (Å²) in [6.45, 7) is 1.36. The minimum absolute atomic E-state index is 0.00121. The van der Waals surface area contributed by atoms with Crippen molar-refractivity contribution in [1.82, 2.24) is 0 Å². The van der Waals surface area contributed by atoms with Crippen molar-refractivity contribution >= 4 is 38.9 Å². The zero-order valence-electron chi connectivity index (χ0n) is 17.0. The fourth-order valence-electron chi connectivity index (χ4n) is 2.74. The number of carbonyl (C=O) groups is 1. The number of ether oxygens (including phenoxy) is 2. The Morgan fingerprint density at radius 2 is 1.69 bits per heavy atom. The van der Waals surface area contributed by atoms with Crippen LogP contribution >= 0.6 is 11.6 Å². The summed E-state index contributed by atoms with van der Waals surface area (Å²) >= 11 is 6.00. The molecule has 0 radical (unpaired) electrons. The molecule has 0 aliphatic carbocycles. The second-order valence-electron chi connectivity index (χ2n) is 6.53. The number of halogens is 1. The molecule has 0 saturated carbocycles. The van der Waals surface area contributed by atoms with Gasteiger partial charge >= 0.3 is 0 Å². The van der Waals surface area contributed by atoms with E-state index < -0.39 is 10.0 Å². The molecule has 0 atom stereocenters. The number of anilines is 2. The van der Waals surface area contributed by atoms with Gasteiger partial charge in [-0.3, -0.25) is 9.52 Å². The lowest BCUT2D eigenvalue weighted by Crippen LogP contribution is -2.13. The summed E-state index contributed by atoms with van der Waals surface area (Å²) in [4.78, 5) is 11.1. The summed E-state index contributed by atoms with van der Waals surface area (Å²) in [6, 6.07) is 16.8. The van der Waals surface area contributed by atoms with Gasteiger partial charge in [0.2, 0.25) is 5.91 Å². The number of rotatable bonds is 7. The first-order chi connectivity index (χ1) is 15.2. The molecular weight excluding hydrogens is 454 g/mol. The molecule has 0 aliphatic rings. The Kier molecular flexibility index (Phi) is 6.88. The van der Waals surface area contributed by atoms with Crippen molar-refractivity contribution in [3.05, 3.63) is 71.2 Å². The topological polar surface area (TPSA) is 118 Å². The van der Waals surface area contributed by atoms with Gasteiger partial charge in [0.15, 0.2) is 0 Å². The van der Waals surface area contributed by atoms with Gasteiger partial charge in [-0.15, -0.1) is 0 Å². The van der Waals surface area contributed by atoms with E-state index >= 15 is 0 Å². The normalized spacial score (nSPS) is 10.7. The van der Waals surface area contributed by atoms with Gasteiger partial charge in [0.25, 0.3) is 10.0 Å². The third-order valence-corrected chi connectivity index (χ3v) is 5.90. The first-order valence-corrected chi connectivity index (χ1v) is 11.0. The molecule has 3 aromatic rings. The number of amides is 1. The van der Waals surface area contributed by atoms with E-state index in [1.807, 2.05) is 6.07 Å². The van der Waals surface area contributed by atoms with E-state index in [0.29, 0.717) is 22.2 Å². The molecule has 2 N–H and O–H groups in total. The first-order valence-electron chi connectivity index (χ1n) is 9.18. The van der Waals surface area contributed by atoms with Crippen LogP contribution in [0.2, 0.25) is 5.02 Å². The van der Waals surface area contributed by atoms with Gasteiger partial charge in [0.05, 0.1) is 28.3 Å². The number of hydrogen-bond donors (Lipinski definition) is 2. The summed E-state index contributed by atoms with van der Waals surface area (Å²) in [6.07, 6.45) is 0. The number of carbonyl (C=O) groups excluding carboxylic acids is 1. The Labute approximate surface area is 190 Å². The predicted molar refractivity (Wildman–Crippen MR) is 121 cm³/mol. The fourth-order valence-corrected chi connectivity index (χ4v) is 3.98. The summed E-state index contributed by atoms with van der Waals surface area (Å²) < 4.78 is 38.7. The van der Waals surface area contributed by atoms with E-state index in [0.717, 1.165) is 0 Å². The molecule has 0 spiro atoms. The van der Waals surface area contributed by atoms with Crippen LogP contribution in [0.1, 0.15) is 12.5 Å². The van der Waals surface area contributed by atoms with Crippen molar-refractivity contribution in [2.75, 3.05) is 17.1 Å². The molecule has 32 heavy (non-hydrogen) atoms. The molecule has 0 aromatic heterocycles. The van der Waals surface area contributed by atoms with Crippen molar-refractivity contribution in [2.24, 2.45) is 0 Å². The molecule has 10 heteroatoms. The maximum Gasteiger partial charge on any atom is 0.261 e. The smallest absolute Gasteiger partial charge is 0.261 e. The van der Waals surface area contributed by atoms with E-state index in [2.05, 4.69) is 10.0 Å². The van der Waals surface area contributed by atoms with Crippen molar-refractivity contribution in [2.45, 2.75) is 11.8 Å². The van der Waals surface area contributed by atoms with Gasteiger partial charge in [-0.05, 0) is 54.6 Å². The monoisotopic (exact) mass is 471 g/mol. The number of sulfonamides is 1. The molecule has 0 saturated heterocycles. The molecule has 0 aliphatic heterocycles. The van der Waals surface area contributed by atoms with Crippen LogP contribution in [-0.2, 0) is 14.8 Å².